The van der Waals surface area contributed by atoms with Crippen LogP contribution in [0.1, 0.15) is 32.7 Å². The van der Waals surface area contributed by atoms with Crippen molar-refractivity contribution < 1.29 is 27.9 Å². The quantitative estimate of drug-likeness (QED) is 0.559. The predicted octanol–water partition coefficient (Wildman–Crippen LogP) is 3.48. The summed E-state index contributed by atoms with van der Waals surface area (Å²) in [6, 6.07) is 15.2. The van der Waals surface area contributed by atoms with E-state index in [1.54, 1.807) is 36.4 Å². The summed E-state index contributed by atoms with van der Waals surface area (Å²) < 4.78 is 39.8. The van der Waals surface area contributed by atoms with Gasteiger partial charge < -0.3 is 14.9 Å². The molecule has 7 nitrogen and oxygen atoms in total. The number of hydrogen-bond donors (Lipinski definition) is 1. The van der Waals surface area contributed by atoms with Crippen molar-refractivity contribution >= 4 is 17.7 Å². The molecule has 3 aromatic rings. The van der Waals surface area contributed by atoms with Crippen molar-refractivity contribution in [1.29, 1.82) is 0 Å². The van der Waals surface area contributed by atoms with E-state index in [1.807, 2.05) is 4.90 Å². The highest BCUT2D eigenvalue weighted by Crippen LogP contribution is 2.32. The zero-order chi connectivity index (χ0) is 25.7. The van der Waals surface area contributed by atoms with Gasteiger partial charge in [-0.05, 0) is 47.9 Å². The Kier molecular flexibility index (Phi) is 7.20. The average molecular weight is 494 g/mol. The summed E-state index contributed by atoms with van der Waals surface area (Å²) in [5.41, 5.74) is 0.450. The molecule has 0 radical (unpaired) electrons. The van der Waals surface area contributed by atoms with Crippen LogP contribution in [-0.2, 0) is 17.4 Å². The molecule has 2 aromatic carbocycles. The first kappa shape index (κ1) is 24.7. The maximum Gasteiger partial charge on any atom is 0.417 e. The molecule has 4 rings (SSSR count). The van der Waals surface area contributed by atoms with E-state index >= 15 is 0 Å². The van der Waals surface area contributed by atoms with Crippen molar-refractivity contribution in [1.82, 2.24) is 15.1 Å². The smallest absolute Gasteiger partial charge is 0.417 e. The molecule has 1 aliphatic rings. The highest BCUT2D eigenvalue weighted by Gasteiger charge is 2.36. The van der Waals surface area contributed by atoms with Gasteiger partial charge in [0.25, 0.3) is 5.91 Å². The lowest BCUT2D eigenvalue weighted by Gasteiger charge is -2.35. The van der Waals surface area contributed by atoms with E-state index in [9.17, 15) is 22.8 Å². The highest BCUT2D eigenvalue weighted by molar-refractivity contribution is 5.96. The number of benzene rings is 2. The number of alkyl halides is 3. The van der Waals surface area contributed by atoms with E-state index in [0.717, 1.165) is 6.07 Å². The molecule has 1 fully saturated rings. The summed E-state index contributed by atoms with van der Waals surface area (Å²) in [5.74, 6) is 4.84. The lowest BCUT2D eigenvalue weighted by molar-refractivity contribution is -0.138. The molecule has 2 heterocycles. The molecule has 184 valence electrons. The number of anilines is 1. The number of carbonyl (C=O) groups excluding carboxylic acids is 1. The molecule has 0 saturated carbocycles. The summed E-state index contributed by atoms with van der Waals surface area (Å²) in [6.07, 6.45) is -4.69. The van der Waals surface area contributed by atoms with E-state index in [0.29, 0.717) is 35.7 Å². The van der Waals surface area contributed by atoms with Gasteiger partial charge in [-0.3, -0.25) is 9.59 Å². The van der Waals surface area contributed by atoms with Crippen molar-refractivity contribution in [2.24, 2.45) is 0 Å². The van der Waals surface area contributed by atoms with Crippen LogP contribution >= 0.6 is 0 Å². The third-order valence-electron chi connectivity index (χ3n) is 5.62. The Hall–Kier alpha value is -4.39. The Morgan fingerprint density at radius 3 is 2.33 bits per heavy atom. The van der Waals surface area contributed by atoms with Gasteiger partial charge in [0.05, 0.1) is 17.5 Å². The van der Waals surface area contributed by atoms with Crippen LogP contribution in [0.15, 0.2) is 60.7 Å². The molecule has 36 heavy (non-hydrogen) atoms. The van der Waals surface area contributed by atoms with Gasteiger partial charge in [0.2, 0.25) is 0 Å². The minimum absolute atomic E-state index is 0.0856. The minimum atomic E-state index is -4.60. The van der Waals surface area contributed by atoms with Crippen LogP contribution in [0.5, 0.6) is 0 Å². The molecule has 1 aromatic heterocycles. The summed E-state index contributed by atoms with van der Waals surface area (Å²) in [6.45, 7) is 1.30. The Labute approximate surface area is 205 Å². The molecule has 0 unspecified atom stereocenters. The van der Waals surface area contributed by atoms with Crippen LogP contribution < -0.4 is 4.90 Å². The maximum absolute atomic E-state index is 13.3. The summed E-state index contributed by atoms with van der Waals surface area (Å²) in [7, 11) is 0. The minimum Gasteiger partial charge on any atom is -0.481 e. The molecule has 1 N–H and O–H groups in total. The second-order valence-electron chi connectivity index (χ2n) is 8.12. The number of rotatable bonds is 4. The zero-order valence-electron chi connectivity index (χ0n) is 19.0. The van der Waals surface area contributed by atoms with Crippen LogP contribution in [0.2, 0.25) is 0 Å². The van der Waals surface area contributed by atoms with E-state index in [2.05, 4.69) is 22.0 Å². The number of aromatic nitrogens is 2. The highest BCUT2D eigenvalue weighted by atomic mass is 19.4. The number of piperazine rings is 1. The van der Waals surface area contributed by atoms with E-state index in [4.69, 9.17) is 5.11 Å². The van der Waals surface area contributed by atoms with Crippen LogP contribution in [-0.4, -0.2) is 58.3 Å². The molecule has 10 heteroatoms. The van der Waals surface area contributed by atoms with Crippen molar-refractivity contribution in [2.75, 3.05) is 31.1 Å². The van der Waals surface area contributed by atoms with Crippen LogP contribution in [0.4, 0.5) is 19.0 Å². The molecule has 1 saturated heterocycles. The lowest BCUT2D eigenvalue weighted by atomic mass is 10.1. The normalized spacial score (nSPS) is 13.6. The number of carboxylic acid groups (broad SMARTS) is 1. The van der Waals surface area contributed by atoms with E-state index in [-0.39, 0.29) is 25.1 Å². The molecular weight excluding hydrogens is 473 g/mol. The Balaban J connectivity index is 1.38. The summed E-state index contributed by atoms with van der Waals surface area (Å²) >= 11 is 0. The third-order valence-corrected chi connectivity index (χ3v) is 5.62. The monoisotopic (exact) mass is 494 g/mol. The van der Waals surface area contributed by atoms with Crippen molar-refractivity contribution in [3.63, 3.8) is 0 Å². The van der Waals surface area contributed by atoms with Crippen molar-refractivity contribution in [2.45, 2.75) is 12.6 Å². The largest absolute Gasteiger partial charge is 0.481 e. The van der Waals surface area contributed by atoms with Gasteiger partial charge in [-0.25, -0.2) is 0 Å². The maximum atomic E-state index is 13.3. The molecular formula is C26H21F3N4O3. The second kappa shape index (κ2) is 10.5. The number of amides is 1. The van der Waals surface area contributed by atoms with Crippen molar-refractivity contribution in [3.8, 4) is 11.8 Å². The van der Waals surface area contributed by atoms with Gasteiger partial charge in [0, 0.05) is 31.7 Å². The number of carbonyl (C=O) groups is 2. The molecule has 1 aliphatic heterocycles. The fraction of sp³-hybridized carbons (Fsp3) is 0.231. The summed E-state index contributed by atoms with van der Waals surface area (Å²) in [4.78, 5) is 26.9. The van der Waals surface area contributed by atoms with Gasteiger partial charge in [0.15, 0.2) is 5.82 Å². The lowest BCUT2D eigenvalue weighted by Crippen LogP contribution is -2.49. The van der Waals surface area contributed by atoms with Crippen LogP contribution in [0.25, 0.3) is 0 Å². The van der Waals surface area contributed by atoms with Gasteiger partial charge >= 0.3 is 12.1 Å². The summed E-state index contributed by atoms with van der Waals surface area (Å²) in [5, 5.41) is 17.2. The van der Waals surface area contributed by atoms with Crippen LogP contribution in [0, 0.1) is 11.8 Å². The molecule has 0 atom stereocenters. The average Bonchev–Trinajstić information content (AvgIpc) is 2.87. The molecule has 0 bridgehead atoms. The number of halogens is 3. The molecule has 1 amide bonds. The Morgan fingerprint density at radius 2 is 1.67 bits per heavy atom. The first-order chi connectivity index (χ1) is 17.2. The van der Waals surface area contributed by atoms with Crippen molar-refractivity contribution in [3.05, 3.63) is 88.6 Å². The number of aliphatic carboxylic acids is 1. The first-order valence-electron chi connectivity index (χ1n) is 11.1. The zero-order valence-corrected chi connectivity index (χ0v) is 19.0. The third kappa shape index (κ3) is 5.99. The fourth-order valence-corrected chi connectivity index (χ4v) is 3.86. The molecule has 0 spiro atoms. The fourth-order valence-electron chi connectivity index (χ4n) is 3.86. The predicted molar refractivity (Wildman–Crippen MR) is 125 cm³/mol. The molecule has 0 aliphatic carbocycles. The number of carboxylic acids is 1. The first-order valence-corrected chi connectivity index (χ1v) is 11.1. The second-order valence-corrected chi connectivity index (χ2v) is 8.12. The Bertz CT molecular complexity index is 1320. The number of nitrogens with zero attached hydrogens (tertiary/aromatic N) is 4. The van der Waals surface area contributed by atoms with E-state index < -0.39 is 23.6 Å². The SMILES string of the molecule is O=C(O)Cc1cccc(C#Cc2ccc(N3CCN(C(=O)c4ccccc4C(F)(F)F)CC3)nn2)c1. The van der Waals surface area contributed by atoms with Gasteiger partial charge in [0.1, 0.15) is 5.69 Å². The number of hydrogen-bond acceptors (Lipinski definition) is 5. The topological polar surface area (TPSA) is 86.6 Å². The van der Waals surface area contributed by atoms with Crippen LogP contribution in [0.3, 0.4) is 0 Å². The Morgan fingerprint density at radius 1 is 0.917 bits per heavy atom. The van der Waals surface area contributed by atoms with E-state index in [1.165, 1.54) is 23.1 Å². The van der Waals surface area contributed by atoms with Gasteiger partial charge in [-0.1, -0.05) is 30.2 Å². The van der Waals surface area contributed by atoms with Gasteiger partial charge in [-0.15, -0.1) is 10.2 Å². The standard InChI is InChI=1S/C26H21F3N4O3/c27-26(28,29)22-7-2-1-6-21(22)25(36)33-14-12-32(13-15-33)23-11-10-20(30-31-23)9-8-18-4-3-5-19(16-18)17-24(34)35/h1-7,10-11,16H,12-15,17H2,(H,34,35). The van der Waals surface area contributed by atoms with Gasteiger partial charge in [-0.2, -0.15) is 13.2 Å².